The first-order chi connectivity index (χ1) is 6.10. The highest BCUT2D eigenvalue weighted by Gasteiger charge is 2.21. The molecular formula is C8H13N3O2. The van der Waals surface area contributed by atoms with Crippen molar-refractivity contribution in [1.82, 2.24) is 9.78 Å². The van der Waals surface area contributed by atoms with E-state index >= 15 is 0 Å². The zero-order valence-corrected chi connectivity index (χ0v) is 8.02. The lowest BCUT2D eigenvalue weighted by Crippen LogP contribution is -2.29. The SMILES string of the molecule is COc1ccn(C(C)(C)CN=O)n1. The van der Waals surface area contributed by atoms with E-state index in [0.717, 1.165) is 0 Å². The normalized spacial score (nSPS) is 11.3. The van der Waals surface area contributed by atoms with Crippen LogP contribution >= 0.6 is 0 Å². The van der Waals surface area contributed by atoms with Crippen molar-refractivity contribution in [1.29, 1.82) is 0 Å². The molecule has 0 amide bonds. The Balaban J connectivity index is 2.86. The molecule has 5 nitrogen and oxygen atoms in total. The van der Waals surface area contributed by atoms with Gasteiger partial charge in [-0.3, -0.25) is 4.68 Å². The number of nitroso groups, excluding NO2 is 1. The predicted octanol–water partition coefficient (Wildman–Crippen LogP) is 1.39. The Kier molecular flexibility index (Phi) is 2.65. The fourth-order valence-electron chi connectivity index (χ4n) is 0.984. The van der Waals surface area contributed by atoms with Crippen LogP contribution in [0.4, 0.5) is 0 Å². The Morgan fingerprint density at radius 1 is 1.69 bits per heavy atom. The summed E-state index contributed by atoms with van der Waals surface area (Å²) in [6.07, 6.45) is 1.77. The third-order valence-electron chi connectivity index (χ3n) is 1.85. The van der Waals surface area contributed by atoms with Crippen LogP contribution in [-0.4, -0.2) is 23.4 Å². The maximum absolute atomic E-state index is 10.1. The number of hydrogen-bond acceptors (Lipinski definition) is 4. The molecule has 0 aliphatic carbocycles. The Morgan fingerprint density at radius 2 is 2.38 bits per heavy atom. The van der Waals surface area contributed by atoms with Gasteiger partial charge in [0.15, 0.2) is 0 Å². The largest absolute Gasteiger partial charge is 0.480 e. The minimum absolute atomic E-state index is 0.192. The number of rotatable bonds is 4. The lowest BCUT2D eigenvalue weighted by atomic mass is 10.1. The van der Waals surface area contributed by atoms with Crippen molar-refractivity contribution in [3.05, 3.63) is 17.2 Å². The van der Waals surface area contributed by atoms with Gasteiger partial charge < -0.3 is 4.74 Å². The third kappa shape index (κ3) is 2.05. The number of aromatic nitrogens is 2. The second-order valence-electron chi connectivity index (χ2n) is 3.40. The van der Waals surface area contributed by atoms with E-state index in [0.29, 0.717) is 5.88 Å². The minimum Gasteiger partial charge on any atom is -0.480 e. The van der Waals surface area contributed by atoms with Gasteiger partial charge in [-0.2, -0.15) is 4.91 Å². The summed E-state index contributed by atoms with van der Waals surface area (Å²) in [6, 6.07) is 1.74. The van der Waals surface area contributed by atoms with Gasteiger partial charge in [0.1, 0.15) is 6.54 Å². The molecule has 0 aliphatic heterocycles. The Hall–Kier alpha value is -1.39. The van der Waals surface area contributed by atoms with Gasteiger partial charge in [0.2, 0.25) is 5.88 Å². The van der Waals surface area contributed by atoms with Gasteiger partial charge in [0.25, 0.3) is 0 Å². The lowest BCUT2D eigenvalue weighted by molar-refractivity contribution is 0.312. The van der Waals surface area contributed by atoms with E-state index in [9.17, 15) is 4.91 Å². The van der Waals surface area contributed by atoms with Gasteiger partial charge in [-0.1, -0.05) is 5.18 Å². The molecule has 0 spiro atoms. The van der Waals surface area contributed by atoms with E-state index in [1.807, 2.05) is 13.8 Å². The summed E-state index contributed by atoms with van der Waals surface area (Å²) in [5.41, 5.74) is -0.390. The van der Waals surface area contributed by atoms with Crippen LogP contribution in [0.1, 0.15) is 13.8 Å². The first kappa shape index (κ1) is 9.70. The molecule has 0 bridgehead atoms. The number of ether oxygens (including phenoxy) is 1. The monoisotopic (exact) mass is 183 g/mol. The van der Waals surface area contributed by atoms with Crippen LogP contribution in [0.3, 0.4) is 0 Å². The highest BCUT2D eigenvalue weighted by Crippen LogP contribution is 2.17. The standard InChI is InChI=1S/C8H13N3O2/c1-8(2,6-9-12)11-5-4-7(10-11)13-3/h4-5H,6H2,1-3H3. The van der Waals surface area contributed by atoms with Crippen molar-refractivity contribution in [3.63, 3.8) is 0 Å². The molecule has 1 aromatic rings. The molecule has 0 atom stereocenters. The molecular weight excluding hydrogens is 170 g/mol. The summed E-state index contributed by atoms with van der Waals surface area (Å²) in [5.74, 6) is 0.541. The van der Waals surface area contributed by atoms with Crippen LogP contribution in [0.2, 0.25) is 0 Å². The van der Waals surface area contributed by atoms with Gasteiger partial charge in [-0.15, -0.1) is 5.10 Å². The van der Waals surface area contributed by atoms with Crippen molar-refractivity contribution < 1.29 is 4.74 Å². The number of nitrogens with zero attached hydrogens (tertiary/aromatic N) is 3. The van der Waals surface area contributed by atoms with E-state index in [1.165, 1.54) is 0 Å². The molecule has 72 valence electrons. The summed E-state index contributed by atoms with van der Waals surface area (Å²) < 4.78 is 6.60. The van der Waals surface area contributed by atoms with E-state index in [4.69, 9.17) is 4.74 Å². The van der Waals surface area contributed by atoms with Crippen LogP contribution < -0.4 is 4.74 Å². The van der Waals surface area contributed by atoms with Crippen molar-refractivity contribution >= 4 is 0 Å². The highest BCUT2D eigenvalue weighted by molar-refractivity contribution is 5.06. The number of hydrogen-bond donors (Lipinski definition) is 0. The second-order valence-corrected chi connectivity index (χ2v) is 3.40. The highest BCUT2D eigenvalue weighted by atomic mass is 16.5. The molecule has 1 aromatic heterocycles. The predicted molar refractivity (Wildman–Crippen MR) is 48.8 cm³/mol. The molecule has 0 N–H and O–H groups in total. The molecule has 0 saturated heterocycles. The van der Waals surface area contributed by atoms with E-state index in [-0.39, 0.29) is 6.54 Å². The van der Waals surface area contributed by atoms with Crippen LogP contribution in [0, 0.1) is 4.91 Å². The Morgan fingerprint density at radius 3 is 2.85 bits per heavy atom. The maximum Gasteiger partial charge on any atom is 0.232 e. The summed E-state index contributed by atoms with van der Waals surface area (Å²) in [7, 11) is 1.55. The molecule has 0 aromatic carbocycles. The van der Waals surface area contributed by atoms with Gasteiger partial charge in [0, 0.05) is 12.3 Å². The van der Waals surface area contributed by atoms with Gasteiger partial charge in [0.05, 0.1) is 12.6 Å². The molecule has 0 radical (unpaired) electrons. The Labute approximate surface area is 76.7 Å². The van der Waals surface area contributed by atoms with Gasteiger partial charge in [-0.25, -0.2) is 0 Å². The van der Waals surface area contributed by atoms with E-state index in [2.05, 4.69) is 10.3 Å². The Bertz CT molecular complexity index is 293. The summed E-state index contributed by atoms with van der Waals surface area (Å²) in [4.78, 5) is 10.1. The van der Waals surface area contributed by atoms with Crippen LogP contribution in [-0.2, 0) is 5.54 Å². The van der Waals surface area contributed by atoms with Crippen molar-refractivity contribution in [2.75, 3.05) is 13.7 Å². The van der Waals surface area contributed by atoms with Crippen LogP contribution in [0.15, 0.2) is 17.4 Å². The van der Waals surface area contributed by atoms with Gasteiger partial charge >= 0.3 is 0 Å². The molecule has 1 heterocycles. The molecule has 0 fully saturated rings. The summed E-state index contributed by atoms with van der Waals surface area (Å²) >= 11 is 0. The third-order valence-corrected chi connectivity index (χ3v) is 1.85. The molecule has 0 aliphatic rings. The zero-order valence-electron chi connectivity index (χ0n) is 8.02. The molecule has 0 unspecified atom stereocenters. The lowest BCUT2D eigenvalue weighted by Gasteiger charge is -2.21. The van der Waals surface area contributed by atoms with Crippen LogP contribution in [0.25, 0.3) is 0 Å². The van der Waals surface area contributed by atoms with Crippen molar-refractivity contribution in [2.45, 2.75) is 19.4 Å². The average molecular weight is 183 g/mol. The quantitative estimate of drug-likeness (QED) is 0.663. The maximum atomic E-state index is 10.1. The minimum atomic E-state index is -0.390. The molecule has 0 saturated carbocycles. The van der Waals surface area contributed by atoms with Crippen LogP contribution in [0.5, 0.6) is 5.88 Å². The topological polar surface area (TPSA) is 56.5 Å². The fourth-order valence-corrected chi connectivity index (χ4v) is 0.984. The zero-order chi connectivity index (χ0) is 9.90. The van der Waals surface area contributed by atoms with Crippen molar-refractivity contribution in [3.8, 4) is 5.88 Å². The first-order valence-corrected chi connectivity index (χ1v) is 3.99. The summed E-state index contributed by atoms with van der Waals surface area (Å²) in [6.45, 7) is 3.97. The van der Waals surface area contributed by atoms with Crippen molar-refractivity contribution in [2.24, 2.45) is 5.18 Å². The fraction of sp³-hybridized carbons (Fsp3) is 0.625. The van der Waals surface area contributed by atoms with E-state index in [1.54, 1.807) is 24.1 Å². The molecule has 13 heavy (non-hydrogen) atoms. The first-order valence-electron chi connectivity index (χ1n) is 3.99. The van der Waals surface area contributed by atoms with Gasteiger partial charge in [-0.05, 0) is 13.8 Å². The molecule has 1 rings (SSSR count). The summed E-state index contributed by atoms with van der Waals surface area (Å²) in [5, 5.41) is 6.98. The average Bonchev–Trinajstić information content (AvgIpc) is 2.52. The second kappa shape index (κ2) is 3.55. The smallest absolute Gasteiger partial charge is 0.232 e. The van der Waals surface area contributed by atoms with E-state index < -0.39 is 5.54 Å². The molecule has 5 heteroatoms. The number of methoxy groups -OCH3 is 1.